The Balaban J connectivity index is 2.99. The van der Waals surface area contributed by atoms with Crippen LogP contribution in [0.15, 0.2) is 24.3 Å². The Morgan fingerprint density at radius 1 is 1.50 bits per heavy atom. The van der Waals surface area contributed by atoms with Crippen LogP contribution in [0.2, 0.25) is 0 Å². The standard InChI is InChI=1S/C12H13NO3/c1-2-16-11-5-3-9(4-6-12(13)15)7-10(11)8-14/h3-8H,2H2,1H3,(H2,13,15). The van der Waals surface area contributed by atoms with Crippen molar-refractivity contribution in [3.63, 3.8) is 0 Å². The topological polar surface area (TPSA) is 69.4 Å². The van der Waals surface area contributed by atoms with E-state index in [0.29, 0.717) is 24.2 Å². The van der Waals surface area contributed by atoms with E-state index in [2.05, 4.69) is 0 Å². The van der Waals surface area contributed by atoms with E-state index in [1.165, 1.54) is 6.08 Å². The molecule has 0 bridgehead atoms. The van der Waals surface area contributed by atoms with E-state index in [-0.39, 0.29) is 0 Å². The van der Waals surface area contributed by atoms with Gasteiger partial charge in [0.1, 0.15) is 5.75 Å². The Labute approximate surface area is 93.7 Å². The van der Waals surface area contributed by atoms with Crippen LogP contribution in [0.1, 0.15) is 22.8 Å². The summed E-state index contributed by atoms with van der Waals surface area (Å²) in [6.07, 6.45) is 3.50. The van der Waals surface area contributed by atoms with Crippen LogP contribution < -0.4 is 10.5 Å². The lowest BCUT2D eigenvalue weighted by molar-refractivity contribution is -0.113. The molecule has 0 radical (unpaired) electrons. The van der Waals surface area contributed by atoms with Gasteiger partial charge in [0.05, 0.1) is 12.2 Å². The molecule has 1 aromatic rings. The van der Waals surface area contributed by atoms with Gasteiger partial charge in [-0.2, -0.15) is 0 Å². The van der Waals surface area contributed by atoms with E-state index in [9.17, 15) is 9.59 Å². The van der Waals surface area contributed by atoms with E-state index < -0.39 is 5.91 Å². The van der Waals surface area contributed by atoms with Crippen LogP contribution in [-0.2, 0) is 4.79 Å². The fourth-order valence-corrected chi connectivity index (χ4v) is 1.23. The fourth-order valence-electron chi connectivity index (χ4n) is 1.23. The Hall–Kier alpha value is -2.10. The first-order valence-corrected chi connectivity index (χ1v) is 4.87. The number of ether oxygens (including phenoxy) is 1. The molecule has 0 aliphatic rings. The maximum absolute atomic E-state index is 10.8. The number of amides is 1. The van der Waals surface area contributed by atoms with Gasteiger partial charge in [0.25, 0.3) is 0 Å². The fraction of sp³-hybridized carbons (Fsp3) is 0.167. The predicted octanol–water partition coefficient (Wildman–Crippen LogP) is 1.40. The average molecular weight is 219 g/mol. The van der Waals surface area contributed by atoms with Gasteiger partial charge in [0.15, 0.2) is 6.29 Å². The molecular formula is C12H13NO3. The SMILES string of the molecule is CCOc1ccc(C=CC(N)=O)cc1C=O. The molecule has 0 atom stereocenters. The van der Waals surface area contributed by atoms with E-state index in [1.54, 1.807) is 24.3 Å². The van der Waals surface area contributed by atoms with Crippen LogP contribution in [0.5, 0.6) is 5.75 Å². The highest BCUT2D eigenvalue weighted by atomic mass is 16.5. The molecule has 2 N–H and O–H groups in total. The molecule has 0 heterocycles. The molecule has 1 aromatic carbocycles. The zero-order chi connectivity index (χ0) is 12.0. The number of primary amides is 1. The first-order valence-electron chi connectivity index (χ1n) is 4.87. The molecule has 16 heavy (non-hydrogen) atoms. The molecule has 1 rings (SSSR count). The van der Waals surface area contributed by atoms with Crippen molar-refractivity contribution in [1.29, 1.82) is 0 Å². The summed E-state index contributed by atoms with van der Waals surface area (Å²) in [7, 11) is 0. The summed E-state index contributed by atoms with van der Waals surface area (Å²) >= 11 is 0. The Morgan fingerprint density at radius 2 is 2.25 bits per heavy atom. The molecule has 1 amide bonds. The highest BCUT2D eigenvalue weighted by molar-refractivity contribution is 5.90. The second-order valence-corrected chi connectivity index (χ2v) is 3.08. The summed E-state index contributed by atoms with van der Waals surface area (Å²) < 4.78 is 5.26. The smallest absolute Gasteiger partial charge is 0.241 e. The van der Waals surface area contributed by atoms with E-state index in [1.807, 2.05) is 6.92 Å². The zero-order valence-corrected chi connectivity index (χ0v) is 8.97. The van der Waals surface area contributed by atoms with E-state index in [0.717, 1.165) is 5.56 Å². The number of hydrogen-bond acceptors (Lipinski definition) is 3. The van der Waals surface area contributed by atoms with Crippen molar-refractivity contribution in [1.82, 2.24) is 0 Å². The number of aldehydes is 1. The first kappa shape index (κ1) is 12.0. The molecular weight excluding hydrogens is 206 g/mol. The van der Waals surface area contributed by atoms with Gasteiger partial charge in [0, 0.05) is 6.08 Å². The molecule has 4 nitrogen and oxygen atoms in total. The summed E-state index contributed by atoms with van der Waals surface area (Å²) in [5, 5.41) is 0. The highest BCUT2D eigenvalue weighted by Gasteiger charge is 2.02. The van der Waals surface area contributed by atoms with Gasteiger partial charge in [-0.15, -0.1) is 0 Å². The molecule has 0 spiro atoms. The number of carbonyl (C=O) groups excluding carboxylic acids is 2. The van der Waals surface area contributed by atoms with Gasteiger partial charge in [-0.1, -0.05) is 6.07 Å². The Morgan fingerprint density at radius 3 is 2.81 bits per heavy atom. The normalized spacial score (nSPS) is 10.3. The predicted molar refractivity (Wildman–Crippen MR) is 61.2 cm³/mol. The zero-order valence-electron chi connectivity index (χ0n) is 8.97. The monoisotopic (exact) mass is 219 g/mol. The van der Waals surface area contributed by atoms with Gasteiger partial charge in [0.2, 0.25) is 5.91 Å². The average Bonchev–Trinajstić information content (AvgIpc) is 2.28. The van der Waals surface area contributed by atoms with Crippen LogP contribution in [0, 0.1) is 0 Å². The van der Waals surface area contributed by atoms with Crippen molar-refractivity contribution in [2.75, 3.05) is 6.61 Å². The summed E-state index contributed by atoms with van der Waals surface area (Å²) in [5.74, 6) is 0.00950. The molecule has 84 valence electrons. The third kappa shape index (κ3) is 3.24. The van der Waals surface area contributed by atoms with Crippen molar-refractivity contribution in [3.05, 3.63) is 35.4 Å². The van der Waals surface area contributed by atoms with E-state index in [4.69, 9.17) is 10.5 Å². The van der Waals surface area contributed by atoms with Crippen LogP contribution >= 0.6 is 0 Å². The molecule has 0 aromatic heterocycles. The highest BCUT2D eigenvalue weighted by Crippen LogP contribution is 2.19. The minimum atomic E-state index is -0.526. The molecule has 0 fully saturated rings. The number of nitrogens with two attached hydrogens (primary N) is 1. The van der Waals surface area contributed by atoms with Gasteiger partial charge in [-0.05, 0) is 30.7 Å². The number of carbonyl (C=O) groups is 2. The molecule has 0 aliphatic carbocycles. The maximum Gasteiger partial charge on any atom is 0.241 e. The Kier molecular flexibility index (Phi) is 4.27. The molecule has 0 unspecified atom stereocenters. The lowest BCUT2D eigenvalue weighted by atomic mass is 10.1. The van der Waals surface area contributed by atoms with Crippen LogP contribution in [0.4, 0.5) is 0 Å². The molecule has 0 saturated carbocycles. The van der Waals surface area contributed by atoms with Gasteiger partial charge in [-0.3, -0.25) is 9.59 Å². The van der Waals surface area contributed by atoms with Crippen LogP contribution in [0.3, 0.4) is 0 Å². The third-order valence-electron chi connectivity index (χ3n) is 1.90. The second-order valence-electron chi connectivity index (χ2n) is 3.08. The number of hydrogen-bond donors (Lipinski definition) is 1. The largest absolute Gasteiger partial charge is 0.493 e. The van der Waals surface area contributed by atoms with Gasteiger partial charge in [-0.25, -0.2) is 0 Å². The molecule has 4 heteroatoms. The molecule has 0 aliphatic heterocycles. The first-order chi connectivity index (χ1) is 7.67. The van der Waals surface area contributed by atoms with E-state index >= 15 is 0 Å². The third-order valence-corrected chi connectivity index (χ3v) is 1.90. The van der Waals surface area contributed by atoms with Crippen LogP contribution in [0.25, 0.3) is 6.08 Å². The van der Waals surface area contributed by atoms with Crippen molar-refractivity contribution in [3.8, 4) is 5.75 Å². The lowest BCUT2D eigenvalue weighted by Gasteiger charge is -2.06. The van der Waals surface area contributed by atoms with Crippen LogP contribution in [-0.4, -0.2) is 18.8 Å². The molecule has 0 saturated heterocycles. The summed E-state index contributed by atoms with van der Waals surface area (Å²) in [5.41, 5.74) is 6.15. The summed E-state index contributed by atoms with van der Waals surface area (Å²) in [6, 6.07) is 5.07. The van der Waals surface area contributed by atoms with Crippen molar-refractivity contribution in [2.45, 2.75) is 6.92 Å². The lowest BCUT2D eigenvalue weighted by Crippen LogP contribution is -2.05. The van der Waals surface area contributed by atoms with Gasteiger partial charge < -0.3 is 10.5 Å². The number of benzene rings is 1. The van der Waals surface area contributed by atoms with Crippen molar-refractivity contribution >= 4 is 18.3 Å². The summed E-state index contributed by atoms with van der Waals surface area (Å²) in [4.78, 5) is 21.3. The van der Waals surface area contributed by atoms with Gasteiger partial charge >= 0.3 is 0 Å². The summed E-state index contributed by atoms with van der Waals surface area (Å²) in [6.45, 7) is 2.34. The minimum Gasteiger partial charge on any atom is -0.493 e. The quantitative estimate of drug-likeness (QED) is 0.601. The second kappa shape index (κ2) is 5.70. The number of rotatable bonds is 5. The maximum atomic E-state index is 10.8. The van der Waals surface area contributed by atoms with Crippen molar-refractivity contribution < 1.29 is 14.3 Å². The Bertz CT molecular complexity index is 424. The minimum absolute atomic E-state index is 0.452. The van der Waals surface area contributed by atoms with Crippen molar-refractivity contribution in [2.24, 2.45) is 5.73 Å².